The Hall–Kier alpha value is -3.35. The summed E-state index contributed by atoms with van der Waals surface area (Å²) in [5, 5.41) is 2.98. The Morgan fingerprint density at radius 2 is 2.03 bits per heavy atom. The van der Waals surface area contributed by atoms with Crippen LogP contribution in [-0.2, 0) is 18.3 Å². The Bertz CT molecular complexity index is 987. The van der Waals surface area contributed by atoms with Gasteiger partial charge in [0.15, 0.2) is 0 Å². The number of halogens is 1. The number of carbonyl (C=O) groups is 1. The van der Waals surface area contributed by atoms with E-state index in [1.54, 1.807) is 43.3 Å². The summed E-state index contributed by atoms with van der Waals surface area (Å²) in [5.74, 6) is 1.49. The number of rotatable bonds is 8. The lowest BCUT2D eigenvalue weighted by molar-refractivity contribution is -0.121. The Labute approximate surface area is 169 Å². The monoisotopic (exact) mass is 397 g/mol. The van der Waals surface area contributed by atoms with Gasteiger partial charge in [-0.2, -0.15) is 0 Å². The van der Waals surface area contributed by atoms with Crippen LogP contribution < -0.4 is 14.8 Å². The molecule has 2 aromatic carbocycles. The number of nitrogens with zero attached hydrogens (tertiary/aromatic N) is 2. The second kappa shape index (κ2) is 9.23. The molecule has 0 bridgehead atoms. The molecule has 1 heterocycles. The van der Waals surface area contributed by atoms with E-state index in [9.17, 15) is 9.18 Å². The van der Waals surface area contributed by atoms with Crippen LogP contribution in [0.15, 0.2) is 54.9 Å². The van der Waals surface area contributed by atoms with Crippen LogP contribution in [0.25, 0.3) is 0 Å². The molecule has 0 fully saturated rings. The molecule has 1 aromatic heterocycles. The fraction of sp³-hybridized carbons (Fsp3) is 0.273. The van der Waals surface area contributed by atoms with Gasteiger partial charge in [0.05, 0.1) is 14.2 Å². The molecule has 0 aliphatic heterocycles. The summed E-state index contributed by atoms with van der Waals surface area (Å²) >= 11 is 0. The Balaban J connectivity index is 1.77. The number of aromatic nitrogens is 2. The van der Waals surface area contributed by atoms with Gasteiger partial charge in [0.2, 0.25) is 5.91 Å². The second-order valence-electron chi connectivity index (χ2n) is 6.63. The van der Waals surface area contributed by atoms with Crippen LogP contribution in [-0.4, -0.2) is 29.7 Å². The van der Waals surface area contributed by atoms with Crippen molar-refractivity contribution in [3.8, 4) is 11.5 Å². The molecular formula is C22H24FN3O3. The molecule has 1 N–H and O–H groups in total. The predicted octanol–water partition coefficient (Wildman–Crippen LogP) is 3.41. The minimum atomic E-state index is -0.551. The molecule has 1 amide bonds. The van der Waals surface area contributed by atoms with Crippen molar-refractivity contribution in [3.63, 3.8) is 0 Å². The maximum Gasteiger partial charge on any atom is 0.221 e. The number of amides is 1. The molecule has 0 spiro atoms. The summed E-state index contributed by atoms with van der Waals surface area (Å²) in [6.07, 6.45) is 4.15. The van der Waals surface area contributed by atoms with E-state index in [1.807, 2.05) is 25.2 Å². The molecule has 3 aromatic rings. The molecule has 0 aliphatic carbocycles. The van der Waals surface area contributed by atoms with E-state index in [2.05, 4.69) is 10.3 Å². The Kier molecular flexibility index (Phi) is 6.49. The number of hydrogen-bond donors (Lipinski definition) is 1. The number of methoxy groups -OCH3 is 2. The summed E-state index contributed by atoms with van der Waals surface area (Å²) in [6, 6.07) is 11.1. The third-order valence-corrected chi connectivity index (χ3v) is 4.71. The van der Waals surface area contributed by atoms with E-state index in [4.69, 9.17) is 9.47 Å². The average molecular weight is 397 g/mol. The molecule has 6 nitrogen and oxygen atoms in total. The van der Waals surface area contributed by atoms with Crippen molar-refractivity contribution in [2.75, 3.05) is 14.2 Å². The maximum atomic E-state index is 13.8. The first kappa shape index (κ1) is 20.4. The number of imidazole rings is 1. The van der Waals surface area contributed by atoms with E-state index in [0.717, 1.165) is 5.56 Å². The largest absolute Gasteiger partial charge is 0.497 e. The third kappa shape index (κ3) is 4.93. The van der Waals surface area contributed by atoms with Crippen LogP contribution >= 0.6 is 0 Å². The number of nitrogens with one attached hydrogen (secondary N) is 1. The van der Waals surface area contributed by atoms with Gasteiger partial charge in [0.25, 0.3) is 0 Å². The highest BCUT2D eigenvalue weighted by Gasteiger charge is 2.21. The van der Waals surface area contributed by atoms with Crippen molar-refractivity contribution in [2.24, 2.45) is 7.05 Å². The zero-order chi connectivity index (χ0) is 20.8. The molecule has 0 aliphatic rings. The van der Waals surface area contributed by atoms with E-state index in [-0.39, 0.29) is 18.1 Å². The van der Waals surface area contributed by atoms with Crippen molar-refractivity contribution in [3.05, 3.63) is 77.6 Å². The summed E-state index contributed by atoms with van der Waals surface area (Å²) in [5.41, 5.74) is 1.51. The average Bonchev–Trinajstić information content (AvgIpc) is 3.15. The maximum absolute atomic E-state index is 13.8. The highest BCUT2D eigenvalue weighted by atomic mass is 19.1. The number of hydrogen-bond acceptors (Lipinski definition) is 4. The number of carbonyl (C=O) groups excluding carboxylic acids is 1. The third-order valence-electron chi connectivity index (χ3n) is 4.71. The summed E-state index contributed by atoms with van der Waals surface area (Å²) in [7, 11) is 5.02. The van der Waals surface area contributed by atoms with Gasteiger partial charge in [-0.1, -0.05) is 12.1 Å². The SMILES string of the molecule is COc1ccc(OC)c(CCC(=O)NC(c2cccc(F)c2)c2nccn2C)c1. The smallest absolute Gasteiger partial charge is 0.221 e. The predicted molar refractivity (Wildman–Crippen MR) is 107 cm³/mol. The molecule has 1 atom stereocenters. The molecule has 29 heavy (non-hydrogen) atoms. The molecule has 3 rings (SSSR count). The van der Waals surface area contributed by atoms with Gasteiger partial charge in [0, 0.05) is 25.9 Å². The first-order valence-electron chi connectivity index (χ1n) is 9.24. The van der Waals surface area contributed by atoms with Crippen LogP contribution in [0, 0.1) is 5.82 Å². The molecule has 0 radical (unpaired) electrons. The van der Waals surface area contributed by atoms with Gasteiger partial charge in [-0.25, -0.2) is 9.37 Å². The highest BCUT2D eigenvalue weighted by molar-refractivity contribution is 5.77. The van der Waals surface area contributed by atoms with Crippen molar-refractivity contribution >= 4 is 5.91 Å². The molecule has 1 unspecified atom stereocenters. The van der Waals surface area contributed by atoms with Gasteiger partial charge >= 0.3 is 0 Å². The fourth-order valence-corrected chi connectivity index (χ4v) is 3.20. The Morgan fingerprint density at radius 1 is 1.21 bits per heavy atom. The topological polar surface area (TPSA) is 65.4 Å². The number of benzene rings is 2. The minimum Gasteiger partial charge on any atom is -0.497 e. The normalized spacial score (nSPS) is 11.7. The van der Waals surface area contributed by atoms with E-state index < -0.39 is 6.04 Å². The number of ether oxygens (including phenoxy) is 2. The van der Waals surface area contributed by atoms with Gasteiger partial charge in [-0.15, -0.1) is 0 Å². The van der Waals surface area contributed by atoms with Crippen LogP contribution in [0.5, 0.6) is 11.5 Å². The van der Waals surface area contributed by atoms with Crippen LogP contribution in [0.4, 0.5) is 4.39 Å². The lowest BCUT2D eigenvalue weighted by atomic mass is 10.0. The number of aryl methyl sites for hydroxylation is 2. The van der Waals surface area contributed by atoms with Gasteiger partial charge in [0.1, 0.15) is 29.2 Å². The van der Waals surface area contributed by atoms with Crippen LogP contribution in [0.2, 0.25) is 0 Å². The first-order chi connectivity index (χ1) is 14.0. The highest BCUT2D eigenvalue weighted by Crippen LogP contribution is 2.26. The van der Waals surface area contributed by atoms with Crippen LogP contribution in [0.3, 0.4) is 0 Å². The first-order valence-corrected chi connectivity index (χ1v) is 9.24. The fourth-order valence-electron chi connectivity index (χ4n) is 3.20. The standard InChI is InChI=1S/C22H24FN3O3/c1-26-12-11-24-22(26)21(16-5-4-6-17(23)13-16)25-20(27)10-7-15-14-18(28-2)8-9-19(15)29-3/h4-6,8-9,11-14,21H,7,10H2,1-3H3,(H,25,27). The second-order valence-corrected chi connectivity index (χ2v) is 6.63. The van der Waals surface area contributed by atoms with E-state index in [0.29, 0.717) is 29.3 Å². The molecule has 7 heteroatoms. The summed E-state index contributed by atoms with van der Waals surface area (Å²) < 4.78 is 26.2. The molecular weight excluding hydrogens is 373 g/mol. The molecule has 0 saturated heterocycles. The van der Waals surface area contributed by atoms with Gasteiger partial charge < -0.3 is 19.4 Å². The van der Waals surface area contributed by atoms with Gasteiger partial charge in [-0.3, -0.25) is 4.79 Å². The van der Waals surface area contributed by atoms with E-state index >= 15 is 0 Å². The van der Waals surface area contributed by atoms with Crippen molar-refractivity contribution in [1.29, 1.82) is 0 Å². The zero-order valence-electron chi connectivity index (χ0n) is 16.7. The summed E-state index contributed by atoms with van der Waals surface area (Å²) in [6.45, 7) is 0. The van der Waals surface area contributed by atoms with Crippen molar-refractivity contribution < 1.29 is 18.7 Å². The van der Waals surface area contributed by atoms with Crippen LogP contribution in [0.1, 0.15) is 29.4 Å². The van der Waals surface area contributed by atoms with Crippen molar-refractivity contribution in [2.45, 2.75) is 18.9 Å². The zero-order valence-corrected chi connectivity index (χ0v) is 16.7. The quantitative estimate of drug-likeness (QED) is 0.633. The van der Waals surface area contributed by atoms with Gasteiger partial charge in [-0.05, 0) is 47.9 Å². The lowest BCUT2D eigenvalue weighted by Crippen LogP contribution is -2.31. The molecule has 0 saturated carbocycles. The minimum absolute atomic E-state index is 0.174. The Morgan fingerprint density at radius 3 is 2.69 bits per heavy atom. The lowest BCUT2D eigenvalue weighted by Gasteiger charge is -2.19. The van der Waals surface area contributed by atoms with E-state index in [1.165, 1.54) is 12.1 Å². The summed E-state index contributed by atoms with van der Waals surface area (Å²) in [4.78, 5) is 17.1. The molecule has 152 valence electrons. The van der Waals surface area contributed by atoms with Crippen molar-refractivity contribution in [1.82, 2.24) is 14.9 Å².